The van der Waals surface area contributed by atoms with Crippen molar-refractivity contribution in [3.05, 3.63) is 77.8 Å². The zero-order valence-corrected chi connectivity index (χ0v) is 14.9. The summed E-state index contributed by atoms with van der Waals surface area (Å²) in [6, 6.07) is 12.6. The molecule has 1 fully saturated rings. The molecule has 1 aliphatic heterocycles. The number of rotatable bonds is 5. The van der Waals surface area contributed by atoms with Gasteiger partial charge in [-0.2, -0.15) is 13.2 Å². The smallest absolute Gasteiger partial charge is 0.416 e. The molecule has 0 spiro atoms. The predicted octanol–water partition coefficient (Wildman–Crippen LogP) is 4.98. The first-order chi connectivity index (χ1) is 13.5. The van der Waals surface area contributed by atoms with E-state index < -0.39 is 11.7 Å². The van der Waals surface area contributed by atoms with E-state index in [-0.39, 0.29) is 12.1 Å². The molecule has 146 valence electrons. The minimum atomic E-state index is -4.34. The van der Waals surface area contributed by atoms with Crippen LogP contribution in [-0.2, 0) is 17.5 Å². The van der Waals surface area contributed by atoms with Crippen LogP contribution in [0.3, 0.4) is 0 Å². The topological polar surface area (TPSA) is 47.3 Å². The van der Waals surface area contributed by atoms with E-state index in [0.717, 1.165) is 24.1 Å². The Hall–Kier alpha value is -2.64. The molecule has 3 heterocycles. The first-order valence-electron chi connectivity index (χ1n) is 9.02. The third-order valence-electron chi connectivity index (χ3n) is 4.80. The molecule has 0 bridgehead atoms. The summed E-state index contributed by atoms with van der Waals surface area (Å²) >= 11 is 0. The minimum Gasteiger partial charge on any atom is -0.460 e. The van der Waals surface area contributed by atoms with Crippen LogP contribution in [0.5, 0.6) is 0 Å². The first kappa shape index (κ1) is 18.7. The summed E-state index contributed by atoms with van der Waals surface area (Å²) in [5, 5.41) is 3.44. The molecular weight excluding hydrogens is 369 g/mol. The van der Waals surface area contributed by atoms with Crippen LogP contribution in [0.25, 0.3) is 11.3 Å². The third-order valence-corrected chi connectivity index (χ3v) is 4.80. The van der Waals surface area contributed by atoms with Gasteiger partial charge in [-0.1, -0.05) is 18.2 Å². The molecule has 3 aromatic rings. The molecule has 4 rings (SSSR count). The first-order valence-corrected chi connectivity index (χ1v) is 9.02. The van der Waals surface area contributed by atoms with Gasteiger partial charge in [-0.25, -0.2) is 0 Å². The Morgan fingerprint density at radius 2 is 1.89 bits per heavy atom. The summed E-state index contributed by atoms with van der Waals surface area (Å²) in [4.78, 5) is 4.14. The molecule has 0 unspecified atom stereocenters. The highest BCUT2D eigenvalue weighted by Crippen LogP contribution is 2.32. The molecule has 0 radical (unpaired) electrons. The maximum Gasteiger partial charge on any atom is 0.416 e. The molecule has 2 aromatic heterocycles. The minimum absolute atomic E-state index is 0.0574. The number of ether oxygens (including phenoxy) is 1. The number of hydrogen-bond donors (Lipinski definition) is 1. The number of furan rings is 1. The van der Waals surface area contributed by atoms with E-state index in [1.54, 1.807) is 18.5 Å². The van der Waals surface area contributed by atoms with Gasteiger partial charge in [-0.05, 0) is 36.8 Å². The van der Waals surface area contributed by atoms with E-state index in [2.05, 4.69) is 10.3 Å². The molecule has 1 saturated heterocycles. The van der Waals surface area contributed by atoms with Crippen molar-refractivity contribution >= 4 is 0 Å². The van der Waals surface area contributed by atoms with Crippen LogP contribution in [0, 0.1) is 0 Å². The number of hydrogen-bond acceptors (Lipinski definition) is 4. The Labute approximate surface area is 160 Å². The van der Waals surface area contributed by atoms with Gasteiger partial charge in [0.2, 0.25) is 0 Å². The fourth-order valence-corrected chi connectivity index (χ4v) is 3.35. The average Bonchev–Trinajstić information content (AvgIpc) is 3.36. The van der Waals surface area contributed by atoms with Gasteiger partial charge >= 0.3 is 6.18 Å². The van der Waals surface area contributed by atoms with Crippen molar-refractivity contribution in [3.8, 4) is 11.3 Å². The lowest BCUT2D eigenvalue weighted by Gasteiger charge is -2.19. The third kappa shape index (κ3) is 4.10. The Morgan fingerprint density at radius 1 is 1.07 bits per heavy atom. The monoisotopic (exact) mass is 388 g/mol. The predicted molar refractivity (Wildman–Crippen MR) is 97.3 cm³/mol. The van der Waals surface area contributed by atoms with Crippen molar-refractivity contribution < 1.29 is 22.3 Å². The van der Waals surface area contributed by atoms with E-state index in [9.17, 15) is 13.2 Å². The molecule has 28 heavy (non-hydrogen) atoms. The molecule has 1 aliphatic rings. The van der Waals surface area contributed by atoms with Crippen molar-refractivity contribution in [2.75, 3.05) is 6.61 Å². The molecule has 1 N–H and O–H groups in total. The summed E-state index contributed by atoms with van der Waals surface area (Å²) in [6.45, 7) is 1.18. The van der Waals surface area contributed by atoms with Gasteiger partial charge in [-0.15, -0.1) is 0 Å². The summed E-state index contributed by atoms with van der Waals surface area (Å²) in [5.74, 6) is 1.25. The fraction of sp³-hybridized carbons (Fsp3) is 0.286. The maximum absolute atomic E-state index is 12.7. The molecule has 1 aromatic carbocycles. The van der Waals surface area contributed by atoms with E-state index in [0.29, 0.717) is 30.2 Å². The van der Waals surface area contributed by atoms with E-state index in [4.69, 9.17) is 9.15 Å². The summed E-state index contributed by atoms with van der Waals surface area (Å²) < 4.78 is 49.7. The van der Waals surface area contributed by atoms with Crippen LogP contribution in [-0.4, -0.2) is 17.6 Å². The summed E-state index contributed by atoms with van der Waals surface area (Å²) in [5.41, 5.74) is 0.964. The summed E-state index contributed by atoms with van der Waals surface area (Å²) in [7, 11) is 0. The van der Waals surface area contributed by atoms with E-state index >= 15 is 0 Å². The SMILES string of the molecule is FC(F)(F)c1ccc(-c2ccc(CN[C@H]3CCO[C@@H]3c3cccnc3)o2)cc1. The Morgan fingerprint density at radius 3 is 2.61 bits per heavy atom. The van der Waals surface area contributed by atoms with Crippen LogP contribution in [0.1, 0.15) is 29.4 Å². The standard InChI is InChI=1S/C21H19F3N2O2/c22-21(23,24)16-5-3-14(4-6-16)19-8-7-17(28-19)13-26-18-9-11-27-20(18)15-2-1-10-25-12-15/h1-8,10,12,18,20,26H,9,11,13H2/t18-,20+/m0/s1. The second kappa shape index (κ2) is 7.77. The lowest BCUT2D eigenvalue weighted by atomic mass is 10.0. The van der Waals surface area contributed by atoms with Crippen molar-refractivity contribution in [1.29, 1.82) is 0 Å². The van der Waals surface area contributed by atoms with Crippen molar-refractivity contribution in [3.63, 3.8) is 0 Å². The molecular formula is C21H19F3N2O2. The van der Waals surface area contributed by atoms with Crippen molar-refractivity contribution in [2.24, 2.45) is 0 Å². The van der Waals surface area contributed by atoms with Crippen molar-refractivity contribution in [2.45, 2.75) is 31.3 Å². The molecule has 7 heteroatoms. The van der Waals surface area contributed by atoms with Crippen LogP contribution < -0.4 is 5.32 Å². The molecule has 0 saturated carbocycles. The number of alkyl halides is 3. The largest absolute Gasteiger partial charge is 0.460 e. The van der Waals surface area contributed by atoms with Gasteiger partial charge < -0.3 is 14.5 Å². The molecule has 4 nitrogen and oxygen atoms in total. The zero-order valence-electron chi connectivity index (χ0n) is 14.9. The quantitative estimate of drug-likeness (QED) is 0.670. The fourth-order valence-electron chi connectivity index (χ4n) is 3.35. The Kier molecular flexibility index (Phi) is 5.19. The van der Waals surface area contributed by atoms with Crippen LogP contribution in [0.4, 0.5) is 13.2 Å². The Bertz CT molecular complexity index is 907. The second-order valence-electron chi connectivity index (χ2n) is 6.69. The average molecular weight is 388 g/mol. The molecule has 0 aliphatic carbocycles. The zero-order chi connectivity index (χ0) is 19.6. The number of benzene rings is 1. The normalized spacial score (nSPS) is 19.8. The number of nitrogens with one attached hydrogen (secondary N) is 1. The highest BCUT2D eigenvalue weighted by Gasteiger charge is 2.30. The summed E-state index contributed by atoms with van der Waals surface area (Å²) in [6.07, 6.45) is 0.0158. The molecule has 2 atom stereocenters. The number of aromatic nitrogens is 1. The van der Waals surface area contributed by atoms with Gasteiger partial charge in [0.1, 0.15) is 11.5 Å². The lowest BCUT2D eigenvalue weighted by Crippen LogP contribution is -2.31. The number of nitrogens with zero attached hydrogens (tertiary/aromatic N) is 1. The van der Waals surface area contributed by atoms with E-state index in [1.165, 1.54) is 12.1 Å². The maximum atomic E-state index is 12.7. The van der Waals surface area contributed by atoms with Crippen LogP contribution >= 0.6 is 0 Å². The number of pyridine rings is 1. The van der Waals surface area contributed by atoms with Gasteiger partial charge in [-0.3, -0.25) is 4.98 Å². The number of halogens is 3. The van der Waals surface area contributed by atoms with Gasteiger partial charge in [0, 0.05) is 36.2 Å². The second-order valence-corrected chi connectivity index (χ2v) is 6.69. The van der Waals surface area contributed by atoms with Gasteiger partial charge in [0.25, 0.3) is 0 Å². The lowest BCUT2D eigenvalue weighted by molar-refractivity contribution is -0.137. The molecule has 0 amide bonds. The highest BCUT2D eigenvalue weighted by molar-refractivity contribution is 5.58. The van der Waals surface area contributed by atoms with Crippen LogP contribution in [0.2, 0.25) is 0 Å². The van der Waals surface area contributed by atoms with E-state index in [1.807, 2.05) is 18.2 Å². The highest BCUT2D eigenvalue weighted by atomic mass is 19.4. The van der Waals surface area contributed by atoms with Crippen molar-refractivity contribution in [1.82, 2.24) is 10.3 Å². The van der Waals surface area contributed by atoms with Gasteiger partial charge in [0.15, 0.2) is 0 Å². The Balaban J connectivity index is 1.40. The van der Waals surface area contributed by atoms with Crippen LogP contribution in [0.15, 0.2) is 65.3 Å². The van der Waals surface area contributed by atoms with Gasteiger partial charge in [0.05, 0.1) is 18.2 Å².